The topological polar surface area (TPSA) is 94.5 Å². The van der Waals surface area contributed by atoms with E-state index < -0.39 is 0 Å². The van der Waals surface area contributed by atoms with Crippen LogP contribution in [0.25, 0.3) is 28.3 Å². The maximum atomic E-state index is 5.30. The molecule has 3 atom stereocenters. The van der Waals surface area contributed by atoms with Gasteiger partial charge in [-0.05, 0) is 48.0 Å². The summed E-state index contributed by atoms with van der Waals surface area (Å²) >= 11 is 0. The summed E-state index contributed by atoms with van der Waals surface area (Å²) in [5.41, 5.74) is 9.07. The Hall–Kier alpha value is -7.13. The Morgan fingerprint density at radius 2 is 1.41 bits per heavy atom. The lowest BCUT2D eigenvalue weighted by Crippen LogP contribution is -2.39. The van der Waals surface area contributed by atoms with Crippen LogP contribution in [-0.2, 0) is 0 Å². The van der Waals surface area contributed by atoms with Crippen LogP contribution in [0.4, 0.5) is 17.1 Å². The number of aliphatic imine (C=N–C) groups is 1. The molecule has 10 rings (SSSR count). The van der Waals surface area contributed by atoms with Crippen LogP contribution in [0.1, 0.15) is 23.1 Å². The highest BCUT2D eigenvalue weighted by Gasteiger charge is 2.38. The highest BCUT2D eigenvalue weighted by molar-refractivity contribution is 6.02. The molecule has 0 saturated carbocycles. The fourth-order valence-corrected chi connectivity index (χ4v) is 7.56. The van der Waals surface area contributed by atoms with Crippen molar-refractivity contribution in [3.05, 3.63) is 193 Å². The lowest BCUT2D eigenvalue weighted by atomic mass is 9.97. The Bertz CT molecular complexity index is 2490. The first-order chi connectivity index (χ1) is 26.8. The molecule has 0 amide bonds. The third-order valence-corrected chi connectivity index (χ3v) is 10.1. The van der Waals surface area contributed by atoms with Gasteiger partial charge in [-0.2, -0.15) is 0 Å². The first-order valence-electron chi connectivity index (χ1n) is 18.2. The molecule has 2 aromatic heterocycles. The first kappa shape index (κ1) is 31.6. The van der Waals surface area contributed by atoms with Crippen molar-refractivity contribution in [2.75, 3.05) is 16.8 Å². The van der Waals surface area contributed by atoms with Crippen molar-refractivity contribution in [2.24, 2.45) is 4.99 Å². The molecule has 3 unspecified atom stereocenters. The smallest absolute Gasteiger partial charge is 0.164 e. The van der Waals surface area contributed by atoms with Crippen LogP contribution < -0.4 is 15.5 Å². The van der Waals surface area contributed by atoms with Crippen molar-refractivity contribution in [3.8, 4) is 22.8 Å². The molecule has 4 aliphatic rings. The molecular weight excluding hydrogens is 667 g/mol. The zero-order valence-electron chi connectivity index (χ0n) is 29.2. The summed E-state index contributed by atoms with van der Waals surface area (Å²) in [6.07, 6.45) is 16.5. The molecule has 2 N–H and O–H groups in total. The number of rotatable bonds is 7. The minimum atomic E-state index is -0.130. The normalized spacial score (nSPS) is 19.6. The molecule has 0 spiro atoms. The maximum Gasteiger partial charge on any atom is 0.164 e. The van der Waals surface area contributed by atoms with Gasteiger partial charge in [-0.15, -0.1) is 0 Å². The Morgan fingerprint density at radius 3 is 2.15 bits per heavy atom. The third kappa shape index (κ3) is 5.72. The number of anilines is 3. The zero-order valence-corrected chi connectivity index (χ0v) is 29.2. The van der Waals surface area contributed by atoms with Crippen LogP contribution in [-0.4, -0.2) is 49.3 Å². The van der Waals surface area contributed by atoms with Crippen LogP contribution >= 0.6 is 0 Å². The summed E-state index contributed by atoms with van der Waals surface area (Å²) < 4.78 is 0. The van der Waals surface area contributed by atoms with Crippen LogP contribution in [0.15, 0.2) is 181 Å². The summed E-state index contributed by atoms with van der Waals surface area (Å²) in [4.78, 5) is 29.6. The summed E-state index contributed by atoms with van der Waals surface area (Å²) in [5, 5.41) is 7.15. The SMILES string of the molecule is C1=CC(N2C(c3ccccc3)=NC3C=C(c4nc(-c5ccccc5)nc(-c5ccc6c(c5)NC(c5ccccc5)N6c5cccnc5)n4)C=CC32)=CNC1. The van der Waals surface area contributed by atoms with Crippen LogP contribution in [0.5, 0.6) is 0 Å². The van der Waals surface area contributed by atoms with E-state index in [1.54, 1.807) is 6.20 Å². The summed E-state index contributed by atoms with van der Waals surface area (Å²) in [7, 11) is 0. The second kappa shape index (κ2) is 13.4. The van der Waals surface area contributed by atoms with Crippen molar-refractivity contribution < 1.29 is 0 Å². The van der Waals surface area contributed by atoms with E-state index in [1.165, 1.54) is 0 Å². The lowest BCUT2D eigenvalue weighted by Gasteiger charge is -2.31. The van der Waals surface area contributed by atoms with E-state index in [9.17, 15) is 0 Å². The van der Waals surface area contributed by atoms with Crippen LogP contribution in [0, 0.1) is 0 Å². The third-order valence-electron chi connectivity index (χ3n) is 10.1. The molecule has 0 fully saturated rings. The Labute approximate surface area is 313 Å². The van der Waals surface area contributed by atoms with Gasteiger partial charge in [0, 0.05) is 41.2 Å². The van der Waals surface area contributed by atoms with E-state index in [0.29, 0.717) is 17.5 Å². The van der Waals surface area contributed by atoms with Crippen LogP contribution in [0.2, 0.25) is 0 Å². The minimum Gasteiger partial charge on any atom is -0.386 e. The molecule has 4 aromatic carbocycles. The van der Waals surface area contributed by atoms with Crippen molar-refractivity contribution >= 4 is 28.5 Å². The van der Waals surface area contributed by atoms with Crippen molar-refractivity contribution in [3.63, 3.8) is 0 Å². The van der Waals surface area contributed by atoms with E-state index in [-0.39, 0.29) is 18.2 Å². The monoisotopic (exact) mass is 701 g/mol. The highest BCUT2D eigenvalue weighted by Crippen LogP contribution is 2.47. The molecule has 5 heterocycles. The van der Waals surface area contributed by atoms with Gasteiger partial charge in [0.25, 0.3) is 0 Å². The zero-order chi connectivity index (χ0) is 35.8. The summed E-state index contributed by atoms with van der Waals surface area (Å²) in [6.45, 7) is 0.811. The number of nitrogens with zero attached hydrogens (tertiary/aromatic N) is 7. The van der Waals surface area contributed by atoms with Crippen molar-refractivity contribution in [2.45, 2.75) is 18.2 Å². The summed E-state index contributed by atoms with van der Waals surface area (Å²) in [6, 6.07) is 41.3. The fourth-order valence-electron chi connectivity index (χ4n) is 7.56. The van der Waals surface area contributed by atoms with Crippen LogP contribution in [0.3, 0.4) is 0 Å². The number of amidine groups is 1. The summed E-state index contributed by atoms with van der Waals surface area (Å²) in [5.74, 6) is 2.76. The molecule has 0 bridgehead atoms. The average Bonchev–Trinajstić information content (AvgIpc) is 3.84. The molecule has 260 valence electrons. The molecule has 6 aromatic rings. The molecule has 54 heavy (non-hydrogen) atoms. The number of aromatic nitrogens is 4. The predicted molar refractivity (Wildman–Crippen MR) is 215 cm³/mol. The van der Waals surface area contributed by atoms with E-state index >= 15 is 0 Å². The van der Waals surface area contributed by atoms with Gasteiger partial charge >= 0.3 is 0 Å². The number of fused-ring (bicyclic) bond motifs is 2. The number of pyridine rings is 1. The maximum absolute atomic E-state index is 5.30. The van der Waals surface area contributed by atoms with E-state index in [1.807, 2.05) is 54.7 Å². The second-order valence-corrected chi connectivity index (χ2v) is 13.5. The molecule has 9 nitrogen and oxygen atoms in total. The molecular formula is C45H35N9. The lowest BCUT2D eigenvalue weighted by molar-refractivity contribution is 0.451. The number of dihydropyridines is 1. The minimum absolute atomic E-state index is 0.0118. The number of hydrogen-bond donors (Lipinski definition) is 2. The predicted octanol–water partition coefficient (Wildman–Crippen LogP) is 8.32. The van der Waals surface area contributed by atoms with E-state index in [4.69, 9.17) is 19.9 Å². The standard InChI is InChI=1S/C45H35N9/c1-4-12-30(13-5-1)41-50-42(33-20-22-39-37(26-33)48-44(31-14-6-2-7-15-31)53(39)35-18-10-24-46-28-35)52-43(51-41)34-21-23-40-38(27-34)49-45(32-16-8-3-9-17-32)54(40)36-19-11-25-47-29-36/h1-24,26-29,38,40,44,47-48H,25H2. The molecule has 3 aliphatic heterocycles. The number of benzene rings is 4. The van der Waals surface area contributed by atoms with Gasteiger partial charge in [0.15, 0.2) is 17.5 Å². The van der Waals surface area contributed by atoms with Crippen molar-refractivity contribution in [1.29, 1.82) is 0 Å². The Morgan fingerprint density at radius 1 is 0.667 bits per heavy atom. The quantitative estimate of drug-likeness (QED) is 0.172. The van der Waals surface area contributed by atoms with Gasteiger partial charge < -0.3 is 20.4 Å². The first-order valence-corrected chi connectivity index (χ1v) is 18.2. The Kier molecular flexibility index (Phi) is 7.87. The van der Waals surface area contributed by atoms with Gasteiger partial charge in [-0.25, -0.2) is 15.0 Å². The molecule has 0 radical (unpaired) electrons. The van der Waals surface area contributed by atoms with Gasteiger partial charge in [0.2, 0.25) is 0 Å². The fraction of sp³-hybridized carbons (Fsp3) is 0.0889. The Balaban J connectivity index is 1.05. The van der Waals surface area contributed by atoms with Gasteiger partial charge in [-0.3, -0.25) is 9.98 Å². The van der Waals surface area contributed by atoms with E-state index in [2.05, 4.69) is 135 Å². The highest BCUT2D eigenvalue weighted by atomic mass is 15.3. The average molecular weight is 702 g/mol. The molecule has 1 aliphatic carbocycles. The number of hydrogen-bond acceptors (Lipinski definition) is 9. The van der Waals surface area contributed by atoms with Gasteiger partial charge in [0.1, 0.15) is 12.0 Å². The van der Waals surface area contributed by atoms with Crippen molar-refractivity contribution in [1.82, 2.24) is 30.2 Å². The second-order valence-electron chi connectivity index (χ2n) is 13.5. The number of nitrogens with one attached hydrogen (secondary N) is 2. The molecule has 9 heteroatoms. The number of allylic oxidation sites excluding steroid dienone is 3. The van der Waals surface area contributed by atoms with E-state index in [0.717, 1.165) is 63.0 Å². The molecule has 0 saturated heterocycles. The van der Waals surface area contributed by atoms with Gasteiger partial charge in [0.05, 0.1) is 41.0 Å². The van der Waals surface area contributed by atoms with Gasteiger partial charge in [-0.1, -0.05) is 109 Å². The largest absolute Gasteiger partial charge is 0.386 e.